The lowest BCUT2D eigenvalue weighted by molar-refractivity contribution is -0.120. The Morgan fingerprint density at radius 1 is 1.17 bits per heavy atom. The molecule has 0 spiro atoms. The molecule has 1 heterocycles. The van der Waals surface area contributed by atoms with E-state index in [0.717, 1.165) is 0 Å². The molecule has 8 heteroatoms. The molecule has 1 saturated heterocycles. The Balaban J connectivity index is 0.00000145. The summed E-state index contributed by atoms with van der Waals surface area (Å²) in [6.07, 6.45) is 0. The van der Waals surface area contributed by atoms with Crippen LogP contribution in [0, 0.1) is 17.1 Å². The predicted octanol–water partition coefficient (Wildman–Crippen LogP) is 5.30. The number of carbonyl (C=O) groups is 1. The van der Waals surface area contributed by atoms with Crippen molar-refractivity contribution in [1.82, 2.24) is 0 Å². The number of halogens is 2. The van der Waals surface area contributed by atoms with Crippen molar-refractivity contribution in [3.8, 4) is 11.8 Å². The minimum absolute atomic E-state index is 0.101. The van der Waals surface area contributed by atoms with E-state index in [2.05, 4.69) is 0 Å². The molecule has 0 bridgehead atoms. The Morgan fingerprint density at radius 2 is 1.79 bits per heavy atom. The molecule has 2 aromatic carbocycles. The highest BCUT2D eigenvalue weighted by Gasteiger charge is 2.50. The van der Waals surface area contributed by atoms with Gasteiger partial charge in [0.1, 0.15) is 11.6 Å². The second kappa shape index (κ2) is 8.76. The normalized spacial score (nSPS) is 15.0. The van der Waals surface area contributed by atoms with Gasteiger partial charge in [-0.3, -0.25) is 9.69 Å². The van der Waals surface area contributed by atoms with Gasteiger partial charge in [-0.15, -0.1) is 0 Å². The van der Waals surface area contributed by atoms with E-state index in [9.17, 15) is 9.18 Å². The quantitative estimate of drug-likeness (QED) is 0.614. The maximum atomic E-state index is 14.2. The van der Waals surface area contributed by atoms with Gasteiger partial charge in [0.15, 0.2) is 16.7 Å². The average Bonchev–Trinajstić information content (AvgIpc) is 2.87. The van der Waals surface area contributed by atoms with E-state index < -0.39 is 11.4 Å². The van der Waals surface area contributed by atoms with Gasteiger partial charge in [-0.1, -0.05) is 25.4 Å². The standard InChI is InChI=1S/C19H15ClFN3O2S.C2H6/c1-19(2)17(25)23(12-5-4-11(10-22)14(20)8-12)18(27)24(19)13-6-7-16(26-3)15(21)9-13;1-2/h4-9H,1-3H3;1-2H3. The molecule has 0 unspecified atom stereocenters. The number of carbonyl (C=O) groups excluding carboxylic acids is 1. The topological polar surface area (TPSA) is 56.6 Å². The van der Waals surface area contributed by atoms with E-state index in [0.29, 0.717) is 16.9 Å². The first kappa shape index (κ1) is 22.6. The van der Waals surface area contributed by atoms with Gasteiger partial charge in [0, 0.05) is 11.8 Å². The summed E-state index contributed by atoms with van der Waals surface area (Å²) in [6.45, 7) is 7.41. The number of benzene rings is 2. The molecule has 1 aliphatic heterocycles. The van der Waals surface area contributed by atoms with Gasteiger partial charge in [0.25, 0.3) is 5.91 Å². The lowest BCUT2D eigenvalue weighted by atomic mass is 10.0. The molecule has 29 heavy (non-hydrogen) atoms. The van der Waals surface area contributed by atoms with Crippen molar-refractivity contribution in [3.05, 3.63) is 52.8 Å². The molecule has 0 aliphatic carbocycles. The highest BCUT2D eigenvalue weighted by Crippen LogP contribution is 2.38. The van der Waals surface area contributed by atoms with Crippen LogP contribution in [-0.2, 0) is 4.79 Å². The summed E-state index contributed by atoms with van der Waals surface area (Å²) in [5.74, 6) is -0.742. The zero-order valence-electron chi connectivity index (χ0n) is 16.8. The minimum Gasteiger partial charge on any atom is -0.494 e. The third-order valence-corrected chi connectivity index (χ3v) is 5.07. The fourth-order valence-corrected chi connectivity index (χ4v) is 3.72. The van der Waals surface area contributed by atoms with E-state index in [1.807, 2.05) is 19.9 Å². The fraction of sp³-hybridized carbons (Fsp3) is 0.286. The van der Waals surface area contributed by atoms with Crippen molar-refractivity contribution < 1.29 is 13.9 Å². The molecule has 1 fully saturated rings. The van der Waals surface area contributed by atoms with Crippen LogP contribution in [0.4, 0.5) is 15.8 Å². The first-order chi connectivity index (χ1) is 13.7. The van der Waals surface area contributed by atoms with Crippen LogP contribution in [0.25, 0.3) is 0 Å². The lowest BCUT2D eigenvalue weighted by Crippen LogP contribution is -2.44. The second-order valence-corrected chi connectivity index (χ2v) is 7.18. The van der Waals surface area contributed by atoms with E-state index in [1.165, 1.54) is 36.3 Å². The summed E-state index contributed by atoms with van der Waals surface area (Å²) in [5.41, 5.74) is 0.127. The monoisotopic (exact) mass is 433 g/mol. The van der Waals surface area contributed by atoms with E-state index in [-0.39, 0.29) is 21.8 Å². The third-order valence-electron chi connectivity index (χ3n) is 4.39. The van der Waals surface area contributed by atoms with E-state index >= 15 is 0 Å². The van der Waals surface area contributed by atoms with Gasteiger partial charge in [0.05, 0.1) is 23.4 Å². The number of methoxy groups -OCH3 is 1. The Morgan fingerprint density at radius 3 is 2.31 bits per heavy atom. The Hall–Kier alpha value is -2.69. The Kier molecular flexibility index (Phi) is 6.83. The molecule has 1 amide bonds. The van der Waals surface area contributed by atoms with Crippen LogP contribution in [0.3, 0.4) is 0 Å². The Bertz CT molecular complexity index is 1000. The third kappa shape index (κ3) is 3.91. The summed E-state index contributed by atoms with van der Waals surface area (Å²) < 4.78 is 19.1. The predicted molar refractivity (Wildman–Crippen MR) is 117 cm³/mol. The van der Waals surface area contributed by atoms with Crippen molar-refractivity contribution in [1.29, 1.82) is 5.26 Å². The van der Waals surface area contributed by atoms with Crippen LogP contribution < -0.4 is 14.5 Å². The molecule has 5 nitrogen and oxygen atoms in total. The van der Waals surface area contributed by atoms with Crippen molar-refractivity contribution in [3.63, 3.8) is 0 Å². The maximum Gasteiger partial charge on any atom is 0.259 e. The summed E-state index contributed by atoms with van der Waals surface area (Å²) in [4.78, 5) is 16.0. The van der Waals surface area contributed by atoms with Crippen LogP contribution in [0.5, 0.6) is 5.75 Å². The zero-order valence-corrected chi connectivity index (χ0v) is 18.4. The van der Waals surface area contributed by atoms with Crippen LogP contribution in [-0.4, -0.2) is 23.7 Å². The molecule has 0 saturated carbocycles. The molecule has 1 aliphatic rings. The first-order valence-electron chi connectivity index (χ1n) is 8.94. The summed E-state index contributed by atoms with van der Waals surface area (Å²) >= 11 is 11.6. The number of nitriles is 1. The fourth-order valence-electron chi connectivity index (χ4n) is 2.98. The van der Waals surface area contributed by atoms with Crippen molar-refractivity contribution in [2.24, 2.45) is 0 Å². The Labute approximate surface area is 180 Å². The largest absolute Gasteiger partial charge is 0.494 e. The van der Waals surface area contributed by atoms with Crippen molar-refractivity contribution in [2.75, 3.05) is 16.9 Å². The SMILES string of the molecule is CC.COc1ccc(N2C(=S)N(c3ccc(C#N)c(Cl)c3)C(=O)C2(C)C)cc1F. The van der Waals surface area contributed by atoms with E-state index in [1.54, 1.807) is 30.9 Å². The number of anilines is 2. The molecule has 3 rings (SSSR count). The highest BCUT2D eigenvalue weighted by atomic mass is 35.5. The minimum atomic E-state index is -1.04. The van der Waals surface area contributed by atoms with Crippen molar-refractivity contribution in [2.45, 2.75) is 33.2 Å². The highest BCUT2D eigenvalue weighted by molar-refractivity contribution is 7.81. The number of ether oxygens (including phenoxy) is 1. The smallest absolute Gasteiger partial charge is 0.259 e. The number of hydrogen-bond acceptors (Lipinski definition) is 4. The summed E-state index contributed by atoms with van der Waals surface area (Å²) in [5, 5.41) is 9.44. The summed E-state index contributed by atoms with van der Waals surface area (Å²) in [6, 6.07) is 11.0. The van der Waals surface area contributed by atoms with Crippen LogP contribution in [0.1, 0.15) is 33.3 Å². The number of hydrogen-bond donors (Lipinski definition) is 0. The molecule has 0 N–H and O–H groups in total. The summed E-state index contributed by atoms with van der Waals surface area (Å²) in [7, 11) is 1.38. The first-order valence-corrected chi connectivity index (χ1v) is 9.73. The number of rotatable bonds is 3. The van der Waals surface area contributed by atoms with Gasteiger partial charge in [-0.05, 0) is 56.4 Å². The second-order valence-electron chi connectivity index (χ2n) is 6.41. The van der Waals surface area contributed by atoms with Crippen LogP contribution in [0.2, 0.25) is 5.02 Å². The van der Waals surface area contributed by atoms with Gasteiger partial charge in [0.2, 0.25) is 0 Å². The molecular weight excluding hydrogens is 413 g/mol. The number of thiocarbonyl (C=S) groups is 1. The lowest BCUT2D eigenvalue weighted by Gasteiger charge is -2.29. The number of nitrogens with zero attached hydrogens (tertiary/aromatic N) is 3. The number of amides is 1. The molecule has 0 atom stereocenters. The van der Waals surface area contributed by atoms with Crippen molar-refractivity contribution >= 4 is 46.2 Å². The van der Waals surface area contributed by atoms with Gasteiger partial charge >= 0.3 is 0 Å². The molecular formula is C21H21ClFN3O2S. The molecule has 152 valence electrons. The maximum absolute atomic E-state index is 14.2. The molecule has 0 radical (unpaired) electrons. The zero-order chi connectivity index (χ0) is 21.9. The van der Waals surface area contributed by atoms with E-state index in [4.69, 9.17) is 33.8 Å². The van der Waals surface area contributed by atoms with Gasteiger partial charge in [-0.2, -0.15) is 5.26 Å². The van der Waals surface area contributed by atoms with Gasteiger partial charge < -0.3 is 9.64 Å². The van der Waals surface area contributed by atoms with Crippen LogP contribution >= 0.6 is 23.8 Å². The van der Waals surface area contributed by atoms with Gasteiger partial charge in [-0.25, -0.2) is 4.39 Å². The average molecular weight is 434 g/mol. The van der Waals surface area contributed by atoms with Crippen LogP contribution in [0.15, 0.2) is 36.4 Å². The molecule has 0 aromatic heterocycles. The molecule has 2 aromatic rings.